The second kappa shape index (κ2) is 8.10. The normalized spacial score (nSPS) is 11.3. The topological polar surface area (TPSA) is 32.3 Å². The van der Waals surface area contributed by atoms with E-state index in [-0.39, 0.29) is 5.91 Å². The first-order valence-electron chi connectivity index (χ1n) is 7.48. The fourth-order valence-electron chi connectivity index (χ4n) is 2.39. The van der Waals surface area contributed by atoms with Crippen LogP contribution in [0.2, 0.25) is 0 Å². The Labute approximate surface area is 124 Å². The highest BCUT2D eigenvalue weighted by atomic mass is 16.1. The maximum atomic E-state index is 11.9. The molecule has 1 amide bonds. The number of amides is 1. The molecule has 1 N–H and O–H groups in total. The van der Waals surface area contributed by atoms with Crippen LogP contribution in [0.25, 0.3) is 0 Å². The highest BCUT2D eigenvalue weighted by Gasteiger charge is 2.13. The summed E-state index contributed by atoms with van der Waals surface area (Å²) in [7, 11) is 2.05. The van der Waals surface area contributed by atoms with Crippen molar-refractivity contribution in [3.8, 4) is 0 Å². The lowest BCUT2D eigenvalue weighted by atomic mass is 9.95. The van der Waals surface area contributed by atoms with Gasteiger partial charge in [-0.2, -0.15) is 0 Å². The summed E-state index contributed by atoms with van der Waals surface area (Å²) >= 11 is 0. The largest absolute Gasteiger partial charge is 0.355 e. The maximum Gasteiger partial charge on any atom is 0.224 e. The molecule has 3 nitrogen and oxygen atoms in total. The van der Waals surface area contributed by atoms with Gasteiger partial charge in [0.1, 0.15) is 7.85 Å². The van der Waals surface area contributed by atoms with Crippen molar-refractivity contribution < 1.29 is 4.79 Å². The number of carbonyl (C=O) groups is 1. The second-order valence-corrected chi connectivity index (χ2v) is 5.94. The fraction of sp³-hybridized carbons (Fsp3) is 0.562. The highest BCUT2D eigenvalue weighted by Crippen LogP contribution is 2.03. The van der Waals surface area contributed by atoms with Gasteiger partial charge in [0.15, 0.2) is 0 Å². The first kappa shape index (κ1) is 16.8. The van der Waals surface area contributed by atoms with Crippen LogP contribution >= 0.6 is 0 Å². The van der Waals surface area contributed by atoms with Gasteiger partial charge in [-0.05, 0) is 33.3 Å². The van der Waals surface area contributed by atoms with Crippen molar-refractivity contribution in [3.05, 3.63) is 29.8 Å². The molecular formula is C16H27BN2O. The van der Waals surface area contributed by atoms with Gasteiger partial charge in [0, 0.05) is 25.2 Å². The summed E-state index contributed by atoms with van der Waals surface area (Å²) in [6.07, 6.45) is 0.462. The molecule has 1 rings (SSSR count). The second-order valence-electron chi connectivity index (χ2n) is 5.94. The van der Waals surface area contributed by atoms with Crippen LogP contribution in [0.3, 0.4) is 0 Å². The molecule has 20 heavy (non-hydrogen) atoms. The Hall–Kier alpha value is -1.29. The zero-order valence-corrected chi connectivity index (χ0v) is 13.4. The lowest BCUT2D eigenvalue weighted by molar-refractivity contribution is -0.120. The van der Waals surface area contributed by atoms with Gasteiger partial charge >= 0.3 is 0 Å². The zero-order valence-electron chi connectivity index (χ0n) is 13.4. The standard InChI is InChI=1S/C16H27BN2O/c1-12(2)19(13(3)4)10-9-18-16(20)11-14-5-7-15(17)8-6-14/h5-8,12-13H,9-11,17H2,1-4H3,(H,18,20). The van der Waals surface area contributed by atoms with Gasteiger partial charge in [0.2, 0.25) is 5.91 Å². The molecule has 0 aliphatic carbocycles. The van der Waals surface area contributed by atoms with Crippen LogP contribution in [0, 0.1) is 0 Å². The van der Waals surface area contributed by atoms with Crippen molar-refractivity contribution in [1.82, 2.24) is 10.2 Å². The molecule has 1 aromatic carbocycles. The lowest BCUT2D eigenvalue weighted by Gasteiger charge is -2.30. The molecule has 0 spiro atoms. The maximum absolute atomic E-state index is 11.9. The Balaban J connectivity index is 2.34. The monoisotopic (exact) mass is 274 g/mol. The molecule has 0 aromatic heterocycles. The molecule has 4 heteroatoms. The quantitative estimate of drug-likeness (QED) is 0.743. The third-order valence-corrected chi connectivity index (χ3v) is 3.50. The van der Waals surface area contributed by atoms with E-state index >= 15 is 0 Å². The average molecular weight is 274 g/mol. The number of rotatable bonds is 7. The molecular weight excluding hydrogens is 247 g/mol. The third-order valence-electron chi connectivity index (χ3n) is 3.50. The van der Waals surface area contributed by atoms with Crippen molar-refractivity contribution in [3.63, 3.8) is 0 Å². The molecule has 0 saturated carbocycles. The molecule has 0 fully saturated rings. The van der Waals surface area contributed by atoms with Crippen LogP contribution in [-0.2, 0) is 11.2 Å². The minimum absolute atomic E-state index is 0.0984. The van der Waals surface area contributed by atoms with Gasteiger partial charge in [-0.25, -0.2) is 0 Å². The van der Waals surface area contributed by atoms with E-state index in [1.54, 1.807) is 0 Å². The number of hydrogen-bond donors (Lipinski definition) is 1. The van der Waals surface area contributed by atoms with Crippen molar-refractivity contribution in [2.24, 2.45) is 0 Å². The van der Waals surface area contributed by atoms with Gasteiger partial charge < -0.3 is 5.32 Å². The molecule has 0 atom stereocenters. The van der Waals surface area contributed by atoms with E-state index in [2.05, 4.69) is 45.8 Å². The van der Waals surface area contributed by atoms with E-state index in [0.29, 0.717) is 25.0 Å². The van der Waals surface area contributed by atoms with Gasteiger partial charge in [-0.15, -0.1) is 0 Å². The van der Waals surface area contributed by atoms with E-state index < -0.39 is 0 Å². The van der Waals surface area contributed by atoms with E-state index in [9.17, 15) is 4.79 Å². The molecule has 0 aliphatic rings. The summed E-state index contributed by atoms with van der Waals surface area (Å²) in [6.45, 7) is 10.4. The first-order chi connectivity index (χ1) is 9.40. The summed E-state index contributed by atoms with van der Waals surface area (Å²) in [5.41, 5.74) is 2.29. The predicted octanol–water partition coefficient (Wildman–Crippen LogP) is 0.723. The number of nitrogens with zero attached hydrogens (tertiary/aromatic N) is 1. The Bertz CT molecular complexity index is 407. The van der Waals surface area contributed by atoms with Crippen LogP contribution < -0.4 is 10.8 Å². The Morgan fingerprint density at radius 1 is 1.15 bits per heavy atom. The minimum Gasteiger partial charge on any atom is -0.355 e. The molecule has 0 heterocycles. The Morgan fingerprint density at radius 3 is 2.20 bits per heavy atom. The smallest absolute Gasteiger partial charge is 0.224 e. The molecule has 0 radical (unpaired) electrons. The molecule has 0 aliphatic heterocycles. The van der Waals surface area contributed by atoms with E-state index in [1.165, 1.54) is 5.46 Å². The van der Waals surface area contributed by atoms with Gasteiger partial charge in [0.05, 0.1) is 6.42 Å². The van der Waals surface area contributed by atoms with E-state index in [4.69, 9.17) is 0 Å². The van der Waals surface area contributed by atoms with Gasteiger partial charge in [-0.1, -0.05) is 29.7 Å². The van der Waals surface area contributed by atoms with Crippen LogP contribution in [0.5, 0.6) is 0 Å². The number of benzene rings is 1. The van der Waals surface area contributed by atoms with Crippen molar-refractivity contribution in [1.29, 1.82) is 0 Å². The summed E-state index contributed by atoms with van der Waals surface area (Å²) in [4.78, 5) is 14.3. The highest BCUT2D eigenvalue weighted by molar-refractivity contribution is 6.32. The van der Waals surface area contributed by atoms with Crippen LogP contribution in [0.15, 0.2) is 24.3 Å². The Morgan fingerprint density at radius 2 is 1.70 bits per heavy atom. The summed E-state index contributed by atoms with van der Waals surface area (Å²) < 4.78 is 0. The number of carbonyl (C=O) groups excluding carboxylic acids is 1. The lowest BCUT2D eigenvalue weighted by Crippen LogP contribution is -2.42. The zero-order chi connectivity index (χ0) is 15.1. The molecule has 1 aromatic rings. The average Bonchev–Trinajstić information content (AvgIpc) is 2.36. The minimum atomic E-state index is 0.0984. The number of hydrogen-bond acceptors (Lipinski definition) is 2. The summed E-state index contributed by atoms with van der Waals surface area (Å²) in [6, 6.07) is 9.13. The summed E-state index contributed by atoms with van der Waals surface area (Å²) in [5, 5.41) is 3.01. The molecule has 110 valence electrons. The van der Waals surface area contributed by atoms with E-state index in [0.717, 1.165) is 12.1 Å². The van der Waals surface area contributed by atoms with Crippen molar-refractivity contribution in [2.75, 3.05) is 13.1 Å². The molecule has 0 saturated heterocycles. The van der Waals surface area contributed by atoms with Crippen LogP contribution in [0.4, 0.5) is 0 Å². The van der Waals surface area contributed by atoms with Gasteiger partial charge in [-0.3, -0.25) is 9.69 Å². The summed E-state index contributed by atoms with van der Waals surface area (Å²) in [5.74, 6) is 0.0984. The first-order valence-corrected chi connectivity index (χ1v) is 7.48. The fourth-order valence-corrected chi connectivity index (χ4v) is 2.39. The predicted molar refractivity (Wildman–Crippen MR) is 88.3 cm³/mol. The third kappa shape index (κ3) is 5.78. The van der Waals surface area contributed by atoms with E-state index in [1.807, 2.05) is 24.3 Å². The van der Waals surface area contributed by atoms with Crippen molar-refractivity contribution in [2.45, 2.75) is 46.2 Å². The molecule has 0 unspecified atom stereocenters. The van der Waals surface area contributed by atoms with Crippen molar-refractivity contribution >= 4 is 19.2 Å². The van der Waals surface area contributed by atoms with Crippen LogP contribution in [-0.4, -0.2) is 43.8 Å². The Kier molecular flexibility index (Phi) is 6.79. The molecule has 0 bridgehead atoms. The van der Waals surface area contributed by atoms with Crippen LogP contribution in [0.1, 0.15) is 33.3 Å². The van der Waals surface area contributed by atoms with Gasteiger partial charge in [0.25, 0.3) is 0 Å². The number of nitrogens with one attached hydrogen (secondary N) is 1. The SMILES string of the molecule is Bc1ccc(CC(=O)NCCN(C(C)C)C(C)C)cc1.